The van der Waals surface area contributed by atoms with E-state index in [2.05, 4.69) is 0 Å². The van der Waals surface area contributed by atoms with Gasteiger partial charge in [0.15, 0.2) is 0 Å². The average Bonchev–Trinajstić information content (AvgIpc) is 2.83. The number of hydrogen-bond acceptors (Lipinski definition) is 3. The summed E-state index contributed by atoms with van der Waals surface area (Å²) in [4.78, 5) is 33.6. The highest BCUT2D eigenvalue weighted by atomic mass is 35.5. The van der Waals surface area contributed by atoms with Crippen molar-refractivity contribution < 1.29 is 9.18 Å². The van der Waals surface area contributed by atoms with Crippen LogP contribution in [0.5, 0.6) is 0 Å². The molecule has 0 bridgehead atoms. The summed E-state index contributed by atoms with van der Waals surface area (Å²) in [6, 6.07) is 17.8. The molecule has 0 saturated heterocycles. The van der Waals surface area contributed by atoms with Crippen molar-refractivity contribution in [3.8, 4) is 5.69 Å². The molecule has 0 N–H and O–H groups in total. The van der Waals surface area contributed by atoms with Gasteiger partial charge in [0.25, 0.3) is 11.5 Å². The van der Waals surface area contributed by atoms with Crippen LogP contribution in [0.3, 0.4) is 0 Å². The van der Waals surface area contributed by atoms with Crippen LogP contribution in [0, 0.1) is 12.7 Å². The maximum absolute atomic E-state index is 14.5. The minimum absolute atomic E-state index is 0.0137. The molecule has 34 heavy (non-hydrogen) atoms. The summed E-state index contributed by atoms with van der Waals surface area (Å²) < 4.78 is 16.0. The van der Waals surface area contributed by atoms with Crippen molar-refractivity contribution in [1.29, 1.82) is 0 Å². The van der Waals surface area contributed by atoms with Gasteiger partial charge < -0.3 is 4.90 Å². The molecular weight excluding hydrogens is 453 g/mol. The number of nitrogens with zero attached hydrogens (tertiary/aromatic N) is 3. The van der Waals surface area contributed by atoms with Crippen molar-refractivity contribution in [3.63, 3.8) is 0 Å². The Bertz CT molecular complexity index is 1430. The number of halogens is 2. The van der Waals surface area contributed by atoms with Gasteiger partial charge in [0.2, 0.25) is 0 Å². The Morgan fingerprint density at radius 3 is 2.47 bits per heavy atom. The molecule has 0 spiro atoms. The van der Waals surface area contributed by atoms with Gasteiger partial charge in [0.05, 0.1) is 28.2 Å². The Balaban J connectivity index is 1.98. The molecule has 1 unspecified atom stereocenters. The summed E-state index contributed by atoms with van der Waals surface area (Å²) in [7, 11) is 0. The fourth-order valence-corrected chi connectivity index (χ4v) is 4.54. The van der Waals surface area contributed by atoms with Crippen LogP contribution < -0.4 is 5.56 Å². The van der Waals surface area contributed by atoms with E-state index in [1.165, 1.54) is 12.1 Å². The Hall–Kier alpha value is -3.51. The predicted octanol–water partition coefficient (Wildman–Crippen LogP) is 6.10. The van der Waals surface area contributed by atoms with Gasteiger partial charge in [0, 0.05) is 11.6 Å². The summed E-state index contributed by atoms with van der Waals surface area (Å²) in [5.74, 6) is -0.615. The number of fused-ring (bicyclic) bond motifs is 1. The van der Waals surface area contributed by atoms with E-state index in [0.29, 0.717) is 40.4 Å². The lowest BCUT2D eigenvalue weighted by atomic mass is 10.1. The number of aromatic nitrogens is 2. The third-order valence-electron chi connectivity index (χ3n) is 5.97. The van der Waals surface area contributed by atoms with Crippen LogP contribution in [-0.2, 0) is 0 Å². The Morgan fingerprint density at radius 1 is 1.09 bits per heavy atom. The highest BCUT2D eigenvalue weighted by Gasteiger charge is 2.30. The number of benzene rings is 3. The van der Waals surface area contributed by atoms with Gasteiger partial charge in [-0.1, -0.05) is 42.8 Å². The molecule has 174 valence electrons. The molecule has 5 nitrogen and oxygen atoms in total. The molecule has 0 aliphatic heterocycles. The molecule has 4 aromatic rings. The van der Waals surface area contributed by atoms with Crippen LogP contribution in [0.1, 0.15) is 48.1 Å². The summed E-state index contributed by atoms with van der Waals surface area (Å²) in [6.45, 7) is 5.93. The van der Waals surface area contributed by atoms with E-state index in [-0.39, 0.29) is 11.1 Å². The fourth-order valence-electron chi connectivity index (χ4n) is 4.31. The first kappa shape index (κ1) is 23.6. The van der Waals surface area contributed by atoms with Crippen molar-refractivity contribution in [3.05, 3.63) is 105 Å². The number of carbonyl (C=O) groups excluding carboxylic acids is 1. The molecule has 0 aliphatic rings. The first-order valence-corrected chi connectivity index (χ1v) is 11.6. The van der Waals surface area contributed by atoms with E-state index in [1.54, 1.807) is 58.0 Å². The molecule has 3 aromatic carbocycles. The maximum atomic E-state index is 14.5. The highest BCUT2D eigenvalue weighted by molar-refractivity contribution is 6.30. The topological polar surface area (TPSA) is 55.2 Å². The normalized spacial score (nSPS) is 12.0. The monoisotopic (exact) mass is 477 g/mol. The first-order chi connectivity index (χ1) is 16.4. The second-order valence-electron chi connectivity index (χ2n) is 8.05. The molecule has 7 heteroatoms. The quantitative estimate of drug-likeness (QED) is 0.337. The van der Waals surface area contributed by atoms with Gasteiger partial charge in [0.1, 0.15) is 11.6 Å². The molecule has 4 rings (SSSR count). The van der Waals surface area contributed by atoms with Crippen LogP contribution in [0.25, 0.3) is 16.6 Å². The van der Waals surface area contributed by atoms with Crippen molar-refractivity contribution in [2.75, 3.05) is 6.54 Å². The van der Waals surface area contributed by atoms with Crippen LogP contribution in [0.2, 0.25) is 5.02 Å². The molecule has 1 atom stereocenters. The van der Waals surface area contributed by atoms with Crippen LogP contribution in [0.15, 0.2) is 71.5 Å². The predicted molar refractivity (Wildman–Crippen MR) is 133 cm³/mol. The van der Waals surface area contributed by atoms with Gasteiger partial charge in [-0.3, -0.25) is 14.2 Å². The van der Waals surface area contributed by atoms with Crippen molar-refractivity contribution in [2.24, 2.45) is 0 Å². The molecule has 0 radical (unpaired) electrons. The second-order valence-corrected chi connectivity index (χ2v) is 8.49. The summed E-state index contributed by atoms with van der Waals surface area (Å²) in [5, 5.41) is 1.03. The smallest absolute Gasteiger partial charge is 0.266 e. The average molecular weight is 478 g/mol. The van der Waals surface area contributed by atoms with Crippen LogP contribution >= 0.6 is 11.6 Å². The van der Waals surface area contributed by atoms with Gasteiger partial charge in [-0.2, -0.15) is 0 Å². The summed E-state index contributed by atoms with van der Waals surface area (Å²) in [5.41, 5.74) is 1.72. The van der Waals surface area contributed by atoms with E-state index in [9.17, 15) is 14.0 Å². The second kappa shape index (κ2) is 9.77. The number of amides is 1. The van der Waals surface area contributed by atoms with Crippen molar-refractivity contribution >= 4 is 28.4 Å². The van der Waals surface area contributed by atoms with E-state index in [4.69, 9.17) is 16.6 Å². The number of aryl methyl sites for hydroxylation is 1. The van der Waals surface area contributed by atoms with Crippen molar-refractivity contribution in [2.45, 2.75) is 33.2 Å². The van der Waals surface area contributed by atoms with Crippen LogP contribution in [-0.4, -0.2) is 26.9 Å². The molecule has 0 fully saturated rings. The third kappa shape index (κ3) is 4.21. The molecule has 1 heterocycles. The molecule has 1 amide bonds. The van der Waals surface area contributed by atoms with Gasteiger partial charge >= 0.3 is 0 Å². The minimum atomic E-state index is -0.585. The fraction of sp³-hybridized carbons (Fsp3) is 0.222. The molecule has 0 saturated carbocycles. The third-order valence-corrected chi connectivity index (χ3v) is 6.20. The summed E-state index contributed by atoms with van der Waals surface area (Å²) in [6.07, 6.45) is 0.478. The first-order valence-electron chi connectivity index (χ1n) is 11.2. The van der Waals surface area contributed by atoms with Crippen LogP contribution in [0.4, 0.5) is 4.39 Å². The van der Waals surface area contributed by atoms with Gasteiger partial charge in [-0.25, -0.2) is 9.37 Å². The van der Waals surface area contributed by atoms with Gasteiger partial charge in [-0.05, 0) is 68.3 Å². The summed E-state index contributed by atoms with van der Waals surface area (Å²) >= 11 is 6.17. The van der Waals surface area contributed by atoms with E-state index >= 15 is 0 Å². The SMILES string of the molecule is CCC(c1nc2ccccc2c(=O)n1-c1ccc(Cl)cc1C)N(CC)C(=O)c1ccccc1F. The number of carbonyl (C=O) groups is 1. The minimum Gasteiger partial charge on any atom is -0.329 e. The Kier molecular flexibility index (Phi) is 6.80. The lowest BCUT2D eigenvalue weighted by Crippen LogP contribution is -2.39. The van der Waals surface area contributed by atoms with Crippen molar-refractivity contribution in [1.82, 2.24) is 14.5 Å². The zero-order valence-corrected chi connectivity index (χ0v) is 20.0. The zero-order chi connectivity index (χ0) is 24.4. The van der Waals surface area contributed by atoms with E-state index < -0.39 is 17.8 Å². The van der Waals surface area contributed by atoms with E-state index in [0.717, 1.165) is 5.56 Å². The Labute approximate surface area is 202 Å². The standard InChI is InChI=1S/C27H25ClFN3O2/c1-4-23(31(5-2)26(33)19-10-6-8-12-21(19)29)25-30-22-13-9-7-11-20(22)27(34)32(25)24-15-14-18(28)16-17(24)3/h6-16,23H,4-5H2,1-3H3. The lowest BCUT2D eigenvalue weighted by molar-refractivity contribution is 0.0667. The number of para-hydroxylation sites is 1. The zero-order valence-electron chi connectivity index (χ0n) is 19.3. The molecular formula is C27H25ClFN3O2. The highest BCUT2D eigenvalue weighted by Crippen LogP contribution is 2.29. The number of hydrogen-bond donors (Lipinski definition) is 0. The molecule has 0 aliphatic carbocycles. The molecule has 1 aromatic heterocycles. The Morgan fingerprint density at radius 2 is 1.79 bits per heavy atom. The lowest BCUT2D eigenvalue weighted by Gasteiger charge is -2.32. The van der Waals surface area contributed by atoms with Gasteiger partial charge in [-0.15, -0.1) is 0 Å². The largest absolute Gasteiger partial charge is 0.329 e. The van der Waals surface area contributed by atoms with E-state index in [1.807, 2.05) is 26.8 Å². The number of rotatable bonds is 6. The maximum Gasteiger partial charge on any atom is 0.266 e.